The zero-order valence-corrected chi connectivity index (χ0v) is 11.3. The molecule has 1 aromatic rings. The molecule has 0 radical (unpaired) electrons. The number of nitrogens with zero attached hydrogens (tertiary/aromatic N) is 1. The van der Waals surface area contributed by atoms with Gasteiger partial charge in [-0.2, -0.15) is 0 Å². The summed E-state index contributed by atoms with van der Waals surface area (Å²) in [6, 6.07) is 7.60. The Labute approximate surface area is 108 Å². The molecule has 0 N–H and O–H groups in total. The van der Waals surface area contributed by atoms with E-state index in [0.29, 0.717) is 18.1 Å². The number of carbonyl (C=O) groups is 1. The smallest absolute Gasteiger partial charge is 0.246 e. The minimum absolute atomic E-state index is 0.0486. The molecule has 1 amide bonds. The molecule has 0 saturated carbocycles. The van der Waals surface area contributed by atoms with Crippen molar-refractivity contribution in [1.82, 2.24) is 4.90 Å². The first-order valence-electron chi connectivity index (χ1n) is 5.71. The Bertz CT molecular complexity index is 422. The summed E-state index contributed by atoms with van der Waals surface area (Å²) in [6.07, 6.45) is 1.66. The van der Waals surface area contributed by atoms with E-state index >= 15 is 0 Å². The van der Waals surface area contributed by atoms with Crippen molar-refractivity contribution in [2.24, 2.45) is 0 Å². The van der Waals surface area contributed by atoms with Gasteiger partial charge in [0.15, 0.2) is 0 Å². The second-order valence-electron chi connectivity index (χ2n) is 4.20. The number of halogens is 1. The molecular weight excluding hydrogens is 234 g/mol. The van der Waals surface area contributed by atoms with Crippen LogP contribution in [0.4, 0.5) is 0 Å². The minimum atomic E-state index is 0.0486. The van der Waals surface area contributed by atoms with Crippen LogP contribution in [0, 0.1) is 0 Å². The fourth-order valence-electron chi connectivity index (χ4n) is 1.54. The van der Waals surface area contributed by atoms with Crippen LogP contribution in [-0.4, -0.2) is 17.4 Å². The molecule has 92 valence electrons. The standard InChI is InChI=1S/C14H18ClNO/c1-4-16(14(17)8-11(2)3)10-12-6-5-7-13(15)9-12/h5-9H,4,10H2,1-3H3. The monoisotopic (exact) mass is 251 g/mol. The van der Waals surface area contributed by atoms with Crippen LogP contribution >= 0.6 is 11.6 Å². The molecule has 0 aliphatic heterocycles. The lowest BCUT2D eigenvalue weighted by Crippen LogP contribution is -2.28. The molecule has 0 aromatic heterocycles. The molecule has 0 unspecified atom stereocenters. The van der Waals surface area contributed by atoms with E-state index in [9.17, 15) is 4.79 Å². The van der Waals surface area contributed by atoms with Gasteiger partial charge in [0.2, 0.25) is 5.91 Å². The Balaban J connectivity index is 2.77. The highest BCUT2D eigenvalue weighted by molar-refractivity contribution is 6.30. The molecule has 0 fully saturated rings. The number of allylic oxidation sites excluding steroid dienone is 1. The zero-order chi connectivity index (χ0) is 12.8. The molecule has 1 rings (SSSR count). The van der Waals surface area contributed by atoms with Gasteiger partial charge in [0.1, 0.15) is 0 Å². The summed E-state index contributed by atoms with van der Waals surface area (Å²) < 4.78 is 0. The summed E-state index contributed by atoms with van der Waals surface area (Å²) in [5, 5.41) is 0.702. The number of rotatable bonds is 4. The van der Waals surface area contributed by atoms with Crippen LogP contribution in [0.25, 0.3) is 0 Å². The van der Waals surface area contributed by atoms with E-state index in [0.717, 1.165) is 11.1 Å². The quantitative estimate of drug-likeness (QED) is 0.748. The summed E-state index contributed by atoms with van der Waals surface area (Å²) in [5.74, 6) is 0.0486. The fourth-order valence-corrected chi connectivity index (χ4v) is 1.75. The van der Waals surface area contributed by atoms with Gasteiger partial charge in [0.05, 0.1) is 0 Å². The summed E-state index contributed by atoms with van der Waals surface area (Å²) in [6.45, 7) is 7.10. The third-order valence-corrected chi connectivity index (χ3v) is 2.60. The maximum absolute atomic E-state index is 11.9. The van der Waals surface area contributed by atoms with Gasteiger partial charge in [-0.05, 0) is 38.5 Å². The van der Waals surface area contributed by atoms with Crippen molar-refractivity contribution in [3.8, 4) is 0 Å². The molecule has 0 heterocycles. The van der Waals surface area contributed by atoms with Gasteiger partial charge in [0, 0.05) is 24.2 Å². The Hall–Kier alpha value is -1.28. The first kappa shape index (κ1) is 13.8. The van der Waals surface area contributed by atoms with Crippen LogP contribution in [-0.2, 0) is 11.3 Å². The van der Waals surface area contributed by atoms with E-state index in [4.69, 9.17) is 11.6 Å². The molecule has 0 spiro atoms. The number of likely N-dealkylation sites (N-methyl/N-ethyl adjacent to an activating group) is 1. The maximum Gasteiger partial charge on any atom is 0.246 e. The van der Waals surface area contributed by atoms with Gasteiger partial charge in [0.25, 0.3) is 0 Å². The SMILES string of the molecule is CCN(Cc1cccc(Cl)c1)C(=O)C=C(C)C. The van der Waals surface area contributed by atoms with Crippen LogP contribution in [0.5, 0.6) is 0 Å². The number of benzene rings is 1. The molecule has 0 saturated heterocycles. The average Bonchev–Trinajstić information content (AvgIpc) is 2.24. The van der Waals surface area contributed by atoms with E-state index in [-0.39, 0.29) is 5.91 Å². The van der Waals surface area contributed by atoms with E-state index in [1.54, 1.807) is 11.0 Å². The van der Waals surface area contributed by atoms with Crippen LogP contribution < -0.4 is 0 Å². The van der Waals surface area contributed by atoms with Crippen LogP contribution in [0.15, 0.2) is 35.9 Å². The highest BCUT2D eigenvalue weighted by Gasteiger charge is 2.09. The lowest BCUT2D eigenvalue weighted by atomic mass is 10.2. The Morgan fingerprint density at radius 3 is 2.65 bits per heavy atom. The third kappa shape index (κ3) is 4.61. The van der Waals surface area contributed by atoms with Crippen LogP contribution in [0.3, 0.4) is 0 Å². The maximum atomic E-state index is 11.9. The van der Waals surface area contributed by atoms with Crippen molar-refractivity contribution in [2.45, 2.75) is 27.3 Å². The number of hydrogen-bond donors (Lipinski definition) is 0. The average molecular weight is 252 g/mol. The molecule has 0 aliphatic rings. The first-order valence-corrected chi connectivity index (χ1v) is 6.09. The van der Waals surface area contributed by atoms with E-state index in [2.05, 4.69) is 0 Å². The molecule has 3 heteroatoms. The molecule has 0 bridgehead atoms. The van der Waals surface area contributed by atoms with Crippen molar-refractivity contribution >= 4 is 17.5 Å². The third-order valence-electron chi connectivity index (χ3n) is 2.37. The number of carbonyl (C=O) groups excluding carboxylic acids is 1. The van der Waals surface area contributed by atoms with Gasteiger partial charge < -0.3 is 4.90 Å². The summed E-state index contributed by atoms with van der Waals surface area (Å²) in [5.41, 5.74) is 2.06. The summed E-state index contributed by atoms with van der Waals surface area (Å²) in [4.78, 5) is 13.7. The Morgan fingerprint density at radius 2 is 2.12 bits per heavy atom. The van der Waals surface area contributed by atoms with Crippen molar-refractivity contribution in [2.75, 3.05) is 6.54 Å². The van der Waals surface area contributed by atoms with Gasteiger partial charge in [-0.1, -0.05) is 29.3 Å². The normalized spacial score (nSPS) is 9.88. The summed E-state index contributed by atoms with van der Waals surface area (Å²) in [7, 11) is 0. The lowest BCUT2D eigenvalue weighted by molar-refractivity contribution is -0.126. The van der Waals surface area contributed by atoms with Gasteiger partial charge in [-0.15, -0.1) is 0 Å². The second-order valence-corrected chi connectivity index (χ2v) is 4.64. The van der Waals surface area contributed by atoms with Gasteiger partial charge >= 0.3 is 0 Å². The zero-order valence-electron chi connectivity index (χ0n) is 10.5. The van der Waals surface area contributed by atoms with Crippen molar-refractivity contribution in [3.05, 3.63) is 46.5 Å². The van der Waals surface area contributed by atoms with Crippen molar-refractivity contribution in [3.63, 3.8) is 0 Å². The fraction of sp³-hybridized carbons (Fsp3) is 0.357. The first-order chi connectivity index (χ1) is 8.02. The van der Waals surface area contributed by atoms with Gasteiger partial charge in [-0.25, -0.2) is 0 Å². The highest BCUT2D eigenvalue weighted by Crippen LogP contribution is 2.13. The van der Waals surface area contributed by atoms with Crippen LogP contribution in [0.2, 0.25) is 5.02 Å². The van der Waals surface area contributed by atoms with E-state index < -0.39 is 0 Å². The van der Waals surface area contributed by atoms with E-state index in [1.165, 1.54) is 0 Å². The van der Waals surface area contributed by atoms with Crippen molar-refractivity contribution < 1.29 is 4.79 Å². The molecule has 2 nitrogen and oxygen atoms in total. The predicted molar refractivity (Wildman–Crippen MR) is 72.0 cm³/mol. The molecule has 17 heavy (non-hydrogen) atoms. The summed E-state index contributed by atoms with van der Waals surface area (Å²) >= 11 is 5.92. The second kappa shape index (κ2) is 6.45. The topological polar surface area (TPSA) is 20.3 Å². The molecule has 1 aromatic carbocycles. The van der Waals surface area contributed by atoms with Crippen molar-refractivity contribution in [1.29, 1.82) is 0 Å². The predicted octanol–water partition coefficient (Wildman–Crippen LogP) is 3.65. The van der Waals surface area contributed by atoms with Gasteiger partial charge in [-0.3, -0.25) is 4.79 Å². The van der Waals surface area contributed by atoms with E-state index in [1.807, 2.05) is 45.0 Å². The molecular formula is C14H18ClNO. The number of hydrogen-bond acceptors (Lipinski definition) is 1. The van der Waals surface area contributed by atoms with Crippen LogP contribution in [0.1, 0.15) is 26.3 Å². The molecule has 0 atom stereocenters. The minimum Gasteiger partial charge on any atom is -0.335 e. The Morgan fingerprint density at radius 1 is 1.41 bits per heavy atom. The largest absolute Gasteiger partial charge is 0.335 e. The lowest BCUT2D eigenvalue weighted by Gasteiger charge is -2.19. The Kier molecular flexibility index (Phi) is 5.23. The number of amides is 1. The molecule has 0 aliphatic carbocycles. The highest BCUT2D eigenvalue weighted by atomic mass is 35.5.